The van der Waals surface area contributed by atoms with Crippen molar-refractivity contribution in [3.63, 3.8) is 0 Å². The minimum absolute atomic E-state index is 0.0921. The van der Waals surface area contributed by atoms with Crippen molar-refractivity contribution in [3.8, 4) is 11.4 Å². The van der Waals surface area contributed by atoms with Crippen LogP contribution in [0.15, 0.2) is 30.6 Å². The average Bonchev–Trinajstić information content (AvgIpc) is 3.08. The minimum atomic E-state index is -0.350. The molecule has 1 N–H and O–H groups in total. The molecule has 0 spiro atoms. The van der Waals surface area contributed by atoms with Crippen molar-refractivity contribution >= 4 is 11.6 Å². The standard InChI is InChI=1S/C15H18N4O2/c1-10-6-7-13(21-10)15(20)17-12-5-3-4-11(8-12)14-16-9-19(2)18-14/h3-5,8-10,13H,6-7H2,1-2H3,(H,17,20)/t10-,13-/m1/s1. The zero-order valence-electron chi connectivity index (χ0n) is 12.1. The Bertz CT molecular complexity index is 653. The number of nitrogens with zero attached hydrogens (tertiary/aromatic N) is 3. The van der Waals surface area contributed by atoms with Gasteiger partial charge in [-0.05, 0) is 31.9 Å². The van der Waals surface area contributed by atoms with Crippen LogP contribution in [0.2, 0.25) is 0 Å². The van der Waals surface area contributed by atoms with Crippen LogP contribution in [0, 0.1) is 0 Å². The number of ether oxygens (including phenoxy) is 1. The summed E-state index contributed by atoms with van der Waals surface area (Å²) in [5.74, 6) is 0.546. The van der Waals surface area contributed by atoms with E-state index in [0.29, 0.717) is 5.82 Å². The molecule has 1 aromatic heterocycles. The van der Waals surface area contributed by atoms with Crippen LogP contribution < -0.4 is 5.32 Å². The summed E-state index contributed by atoms with van der Waals surface area (Å²) in [5.41, 5.74) is 1.60. The van der Waals surface area contributed by atoms with Crippen LogP contribution in [0.5, 0.6) is 0 Å². The van der Waals surface area contributed by atoms with Crippen molar-refractivity contribution in [2.24, 2.45) is 7.05 Å². The van der Waals surface area contributed by atoms with E-state index < -0.39 is 0 Å². The van der Waals surface area contributed by atoms with Crippen molar-refractivity contribution in [1.29, 1.82) is 0 Å². The minimum Gasteiger partial charge on any atom is -0.365 e. The van der Waals surface area contributed by atoms with Gasteiger partial charge in [0.15, 0.2) is 5.82 Å². The van der Waals surface area contributed by atoms with Crippen molar-refractivity contribution < 1.29 is 9.53 Å². The summed E-state index contributed by atoms with van der Waals surface area (Å²) < 4.78 is 7.22. The molecule has 2 atom stereocenters. The maximum Gasteiger partial charge on any atom is 0.253 e. The second-order valence-electron chi connectivity index (χ2n) is 5.32. The van der Waals surface area contributed by atoms with Crippen molar-refractivity contribution in [1.82, 2.24) is 14.8 Å². The first kappa shape index (κ1) is 13.8. The highest BCUT2D eigenvalue weighted by Gasteiger charge is 2.28. The number of carbonyl (C=O) groups is 1. The lowest BCUT2D eigenvalue weighted by Gasteiger charge is -2.12. The number of benzene rings is 1. The number of anilines is 1. The van der Waals surface area contributed by atoms with Crippen molar-refractivity contribution in [3.05, 3.63) is 30.6 Å². The van der Waals surface area contributed by atoms with Gasteiger partial charge >= 0.3 is 0 Å². The molecule has 1 aromatic carbocycles. The molecular formula is C15H18N4O2. The highest BCUT2D eigenvalue weighted by atomic mass is 16.5. The summed E-state index contributed by atoms with van der Waals surface area (Å²) in [6, 6.07) is 7.51. The fourth-order valence-electron chi connectivity index (χ4n) is 2.43. The number of hydrogen-bond donors (Lipinski definition) is 1. The lowest BCUT2D eigenvalue weighted by molar-refractivity contribution is -0.126. The molecule has 1 amide bonds. The fraction of sp³-hybridized carbons (Fsp3) is 0.400. The molecule has 3 rings (SSSR count). The van der Waals surface area contributed by atoms with E-state index in [2.05, 4.69) is 15.4 Å². The van der Waals surface area contributed by atoms with Crippen LogP contribution >= 0.6 is 0 Å². The zero-order valence-corrected chi connectivity index (χ0v) is 12.1. The number of aromatic nitrogens is 3. The van der Waals surface area contributed by atoms with Gasteiger partial charge in [-0.25, -0.2) is 4.98 Å². The Hall–Kier alpha value is -2.21. The normalized spacial score (nSPS) is 21.4. The van der Waals surface area contributed by atoms with E-state index in [-0.39, 0.29) is 18.1 Å². The Morgan fingerprint density at radius 2 is 2.29 bits per heavy atom. The van der Waals surface area contributed by atoms with Gasteiger partial charge in [-0.2, -0.15) is 5.10 Å². The van der Waals surface area contributed by atoms with Gasteiger partial charge in [-0.1, -0.05) is 12.1 Å². The third-order valence-electron chi connectivity index (χ3n) is 3.51. The maximum atomic E-state index is 12.1. The fourth-order valence-corrected chi connectivity index (χ4v) is 2.43. The first-order chi connectivity index (χ1) is 10.1. The molecule has 1 saturated heterocycles. The van der Waals surface area contributed by atoms with Gasteiger partial charge in [-0.3, -0.25) is 9.48 Å². The summed E-state index contributed by atoms with van der Waals surface area (Å²) in [6.07, 6.45) is 3.15. The van der Waals surface area contributed by atoms with Crippen LogP contribution in [0.3, 0.4) is 0 Å². The van der Waals surface area contributed by atoms with E-state index in [0.717, 1.165) is 24.1 Å². The summed E-state index contributed by atoms with van der Waals surface area (Å²) in [7, 11) is 1.82. The van der Waals surface area contributed by atoms with E-state index in [1.807, 2.05) is 38.2 Å². The average molecular weight is 286 g/mol. The predicted molar refractivity (Wildman–Crippen MR) is 78.6 cm³/mol. The quantitative estimate of drug-likeness (QED) is 0.937. The molecule has 1 aliphatic rings. The molecule has 0 aliphatic carbocycles. The molecule has 2 heterocycles. The molecule has 0 saturated carbocycles. The summed E-state index contributed by atoms with van der Waals surface area (Å²) in [4.78, 5) is 16.3. The van der Waals surface area contributed by atoms with Gasteiger partial charge in [0.2, 0.25) is 0 Å². The molecule has 0 unspecified atom stereocenters. The molecule has 6 nitrogen and oxygen atoms in total. The van der Waals surface area contributed by atoms with Crippen molar-refractivity contribution in [2.45, 2.75) is 32.0 Å². The molecular weight excluding hydrogens is 268 g/mol. The molecule has 110 valence electrons. The van der Waals surface area contributed by atoms with Crippen LogP contribution in [0.25, 0.3) is 11.4 Å². The maximum absolute atomic E-state index is 12.1. The Balaban J connectivity index is 1.73. The second-order valence-corrected chi connectivity index (χ2v) is 5.32. The molecule has 1 fully saturated rings. The van der Waals surface area contributed by atoms with Crippen LogP contribution in [-0.2, 0) is 16.6 Å². The molecule has 2 aromatic rings. The van der Waals surface area contributed by atoms with Gasteiger partial charge in [0.25, 0.3) is 5.91 Å². The van der Waals surface area contributed by atoms with Gasteiger partial charge in [0.1, 0.15) is 12.4 Å². The lowest BCUT2D eigenvalue weighted by atomic mass is 10.1. The first-order valence-corrected chi connectivity index (χ1v) is 7.04. The van der Waals surface area contributed by atoms with E-state index in [9.17, 15) is 4.79 Å². The zero-order chi connectivity index (χ0) is 14.8. The van der Waals surface area contributed by atoms with Gasteiger partial charge in [0, 0.05) is 18.3 Å². The van der Waals surface area contributed by atoms with E-state index in [1.165, 1.54) is 0 Å². The van der Waals surface area contributed by atoms with Crippen LogP contribution in [0.4, 0.5) is 5.69 Å². The number of nitrogens with one attached hydrogen (secondary N) is 1. The van der Waals surface area contributed by atoms with Gasteiger partial charge < -0.3 is 10.1 Å². The van der Waals surface area contributed by atoms with E-state index in [1.54, 1.807) is 11.0 Å². The predicted octanol–water partition coefficient (Wildman–Crippen LogP) is 1.99. The highest BCUT2D eigenvalue weighted by Crippen LogP contribution is 2.22. The number of aryl methyl sites for hydroxylation is 1. The second kappa shape index (κ2) is 5.65. The number of amides is 1. The molecule has 6 heteroatoms. The lowest BCUT2D eigenvalue weighted by Crippen LogP contribution is -2.27. The largest absolute Gasteiger partial charge is 0.365 e. The molecule has 1 aliphatic heterocycles. The molecule has 21 heavy (non-hydrogen) atoms. The third-order valence-corrected chi connectivity index (χ3v) is 3.51. The smallest absolute Gasteiger partial charge is 0.253 e. The topological polar surface area (TPSA) is 69.0 Å². The number of hydrogen-bond acceptors (Lipinski definition) is 4. The van der Waals surface area contributed by atoms with Crippen LogP contribution in [0.1, 0.15) is 19.8 Å². The monoisotopic (exact) mass is 286 g/mol. The van der Waals surface area contributed by atoms with Crippen LogP contribution in [-0.4, -0.2) is 32.9 Å². The SMILES string of the molecule is C[C@@H]1CC[C@H](C(=O)Nc2cccc(-c3ncn(C)n3)c2)O1. The summed E-state index contributed by atoms with van der Waals surface area (Å²) >= 11 is 0. The highest BCUT2D eigenvalue weighted by molar-refractivity contribution is 5.94. The Kier molecular flexibility index (Phi) is 3.70. The van der Waals surface area contributed by atoms with Crippen molar-refractivity contribution in [2.75, 3.05) is 5.32 Å². The van der Waals surface area contributed by atoms with Gasteiger partial charge in [-0.15, -0.1) is 0 Å². The summed E-state index contributed by atoms with van der Waals surface area (Å²) in [6.45, 7) is 1.99. The third kappa shape index (κ3) is 3.11. The van der Waals surface area contributed by atoms with Gasteiger partial charge in [0.05, 0.1) is 6.10 Å². The Morgan fingerprint density at radius 1 is 1.43 bits per heavy atom. The Morgan fingerprint density at radius 3 is 2.95 bits per heavy atom. The van der Waals surface area contributed by atoms with E-state index >= 15 is 0 Å². The summed E-state index contributed by atoms with van der Waals surface area (Å²) in [5, 5.41) is 7.15. The van der Waals surface area contributed by atoms with E-state index in [4.69, 9.17) is 4.74 Å². The first-order valence-electron chi connectivity index (χ1n) is 7.04. The number of rotatable bonds is 3. The molecule has 0 bridgehead atoms. The number of carbonyl (C=O) groups excluding carboxylic acids is 1. The Labute approximate surface area is 123 Å². The molecule has 0 radical (unpaired) electrons.